The fourth-order valence-corrected chi connectivity index (χ4v) is 4.75. The van der Waals surface area contributed by atoms with E-state index in [4.69, 9.17) is 4.98 Å². The number of pyridine rings is 1. The molecule has 1 fully saturated rings. The molecule has 0 saturated carbocycles. The van der Waals surface area contributed by atoms with Gasteiger partial charge >= 0.3 is 0 Å². The second kappa shape index (κ2) is 7.40. The molecule has 1 saturated heterocycles. The van der Waals surface area contributed by atoms with E-state index in [2.05, 4.69) is 14.9 Å². The monoisotopic (exact) mass is 401 g/mol. The molecule has 0 radical (unpaired) electrons. The summed E-state index contributed by atoms with van der Waals surface area (Å²) in [7, 11) is 1.62. The van der Waals surface area contributed by atoms with E-state index in [1.165, 1.54) is 0 Å². The summed E-state index contributed by atoms with van der Waals surface area (Å²) in [6.07, 6.45) is 5.80. The lowest BCUT2D eigenvalue weighted by Crippen LogP contribution is -2.42. The van der Waals surface area contributed by atoms with Crippen LogP contribution in [0.3, 0.4) is 0 Å². The Kier molecular flexibility index (Phi) is 4.58. The van der Waals surface area contributed by atoms with E-state index < -0.39 is 0 Å². The number of imidazole rings is 1. The molecule has 2 bridgehead atoms. The Morgan fingerprint density at radius 1 is 1.03 bits per heavy atom. The number of rotatable bonds is 3. The molecular formula is C23H23N5O2. The van der Waals surface area contributed by atoms with E-state index in [-0.39, 0.29) is 23.9 Å². The number of carbonyl (C=O) groups excluding carboxylic acids is 2. The first-order valence-corrected chi connectivity index (χ1v) is 10.3. The maximum absolute atomic E-state index is 13.3. The largest absolute Gasteiger partial charge is 0.354 e. The molecule has 1 aromatic carbocycles. The van der Waals surface area contributed by atoms with Crippen molar-refractivity contribution in [2.75, 3.05) is 7.05 Å². The summed E-state index contributed by atoms with van der Waals surface area (Å²) < 4.78 is 2.15. The molecule has 5 rings (SSSR count). The topological polar surface area (TPSA) is 80.1 Å². The fraction of sp³-hybridized carbons (Fsp3) is 0.304. The molecule has 0 aliphatic carbocycles. The Labute approximate surface area is 174 Å². The molecular weight excluding hydrogens is 378 g/mol. The van der Waals surface area contributed by atoms with Crippen LogP contribution in [0.25, 0.3) is 11.4 Å². The van der Waals surface area contributed by atoms with Crippen LogP contribution in [0, 0.1) is 0 Å². The van der Waals surface area contributed by atoms with Gasteiger partial charge in [-0.15, -0.1) is 0 Å². The standard InChI is InChI=1S/C23H23N5O2/c1-24-22(29)20-19-13-17-7-8-18(28(17)23(30)16-9-11-25-12-10-16)14-27(19)21(26-20)15-5-3-2-4-6-15/h2-6,9-12,17-18H,7-8,13-14H2,1H3,(H,24,29)/t17-,18+/m0/s1. The minimum absolute atomic E-state index is 0.0337. The molecule has 0 spiro atoms. The lowest BCUT2D eigenvalue weighted by atomic mass is 10.0. The number of benzene rings is 1. The van der Waals surface area contributed by atoms with E-state index in [0.717, 1.165) is 29.9 Å². The number of carbonyl (C=O) groups is 2. The maximum atomic E-state index is 13.3. The molecule has 2 aliphatic rings. The fourth-order valence-electron chi connectivity index (χ4n) is 4.75. The number of hydrogen-bond donors (Lipinski definition) is 1. The SMILES string of the molecule is CNC(=O)c1nc(-c2ccccc2)n2c1C[C@@H]1CC[C@H](C2)N1C(=O)c1ccncc1. The number of nitrogens with one attached hydrogen (secondary N) is 1. The predicted molar refractivity (Wildman–Crippen MR) is 112 cm³/mol. The van der Waals surface area contributed by atoms with Gasteiger partial charge in [0.2, 0.25) is 0 Å². The third-order valence-corrected chi connectivity index (χ3v) is 6.15. The number of fused-ring (bicyclic) bond motifs is 3. The average Bonchev–Trinajstić information content (AvgIpc) is 3.30. The Hall–Kier alpha value is -3.48. The zero-order valence-corrected chi connectivity index (χ0v) is 16.8. The van der Waals surface area contributed by atoms with Gasteiger partial charge in [-0.3, -0.25) is 14.6 Å². The van der Waals surface area contributed by atoms with Gasteiger partial charge in [-0.25, -0.2) is 4.98 Å². The molecule has 30 heavy (non-hydrogen) atoms. The third-order valence-electron chi connectivity index (χ3n) is 6.15. The summed E-state index contributed by atoms with van der Waals surface area (Å²) in [6, 6.07) is 13.6. The van der Waals surface area contributed by atoms with Gasteiger partial charge < -0.3 is 14.8 Å². The average molecular weight is 401 g/mol. The van der Waals surface area contributed by atoms with Crippen LogP contribution in [0.2, 0.25) is 0 Å². The van der Waals surface area contributed by atoms with E-state index in [9.17, 15) is 9.59 Å². The van der Waals surface area contributed by atoms with Gasteiger partial charge in [-0.1, -0.05) is 30.3 Å². The van der Waals surface area contributed by atoms with Crippen molar-refractivity contribution in [2.24, 2.45) is 0 Å². The smallest absolute Gasteiger partial charge is 0.271 e. The number of amides is 2. The van der Waals surface area contributed by atoms with Crippen molar-refractivity contribution < 1.29 is 9.59 Å². The summed E-state index contributed by atoms with van der Waals surface area (Å²) in [6.45, 7) is 0.636. The molecule has 7 nitrogen and oxygen atoms in total. The molecule has 0 unspecified atom stereocenters. The number of aromatic nitrogens is 3. The van der Waals surface area contributed by atoms with Crippen LogP contribution < -0.4 is 5.32 Å². The van der Waals surface area contributed by atoms with Crippen LogP contribution in [0.15, 0.2) is 54.9 Å². The van der Waals surface area contributed by atoms with Gasteiger partial charge in [0.1, 0.15) is 11.5 Å². The minimum Gasteiger partial charge on any atom is -0.354 e. The van der Waals surface area contributed by atoms with Crippen LogP contribution >= 0.6 is 0 Å². The van der Waals surface area contributed by atoms with Crippen molar-refractivity contribution in [3.8, 4) is 11.4 Å². The number of hydrogen-bond acceptors (Lipinski definition) is 4. The van der Waals surface area contributed by atoms with E-state index in [0.29, 0.717) is 24.2 Å². The molecule has 2 atom stereocenters. The highest BCUT2D eigenvalue weighted by atomic mass is 16.2. The Bertz CT molecular complexity index is 1090. The molecule has 2 aliphatic heterocycles. The zero-order valence-electron chi connectivity index (χ0n) is 16.8. The van der Waals surface area contributed by atoms with Crippen molar-refractivity contribution in [3.05, 3.63) is 71.8 Å². The molecule has 7 heteroatoms. The normalized spacial score (nSPS) is 19.8. The van der Waals surface area contributed by atoms with Crippen molar-refractivity contribution in [3.63, 3.8) is 0 Å². The Morgan fingerprint density at radius 2 is 1.77 bits per heavy atom. The van der Waals surface area contributed by atoms with Crippen LogP contribution in [0.5, 0.6) is 0 Å². The first-order valence-electron chi connectivity index (χ1n) is 10.3. The van der Waals surface area contributed by atoms with Crippen LogP contribution in [-0.4, -0.2) is 50.4 Å². The summed E-state index contributed by atoms with van der Waals surface area (Å²) in [5.41, 5.74) is 2.99. The molecule has 2 aromatic heterocycles. The van der Waals surface area contributed by atoms with Gasteiger partial charge in [-0.2, -0.15) is 0 Å². The van der Waals surface area contributed by atoms with Gasteiger partial charge in [0.15, 0.2) is 0 Å². The summed E-state index contributed by atoms with van der Waals surface area (Å²) in [5.74, 6) is 0.630. The van der Waals surface area contributed by atoms with Gasteiger partial charge in [0.25, 0.3) is 11.8 Å². The summed E-state index contributed by atoms with van der Waals surface area (Å²) >= 11 is 0. The maximum Gasteiger partial charge on any atom is 0.271 e. The van der Waals surface area contributed by atoms with Crippen LogP contribution in [-0.2, 0) is 13.0 Å². The van der Waals surface area contributed by atoms with Gasteiger partial charge in [0, 0.05) is 49.6 Å². The Morgan fingerprint density at radius 3 is 2.50 bits per heavy atom. The summed E-state index contributed by atoms with van der Waals surface area (Å²) in [4.78, 5) is 36.7. The van der Waals surface area contributed by atoms with E-state index in [1.54, 1.807) is 31.6 Å². The summed E-state index contributed by atoms with van der Waals surface area (Å²) in [5, 5.41) is 2.72. The minimum atomic E-state index is -0.189. The van der Waals surface area contributed by atoms with Crippen molar-refractivity contribution in [2.45, 2.75) is 37.9 Å². The molecule has 4 heterocycles. The Balaban J connectivity index is 1.58. The van der Waals surface area contributed by atoms with Crippen LogP contribution in [0.1, 0.15) is 39.4 Å². The quantitative estimate of drug-likeness (QED) is 0.731. The lowest BCUT2D eigenvalue weighted by molar-refractivity contribution is 0.0666. The van der Waals surface area contributed by atoms with Crippen molar-refractivity contribution >= 4 is 11.8 Å². The second-order valence-corrected chi connectivity index (χ2v) is 7.82. The molecule has 1 N–H and O–H groups in total. The third kappa shape index (κ3) is 2.98. The first kappa shape index (κ1) is 18.5. The van der Waals surface area contributed by atoms with Gasteiger partial charge in [0.05, 0.1) is 11.7 Å². The predicted octanol–water partition coefficient (Wildman–Crippen LogP) is 2.53. The highest BCUT2D eigenvalue weighted by Crippen LogP contribution is 2.36. The molecule has 2 amide bonds. The highest BCUT2D eigenvalue weighted by molar-refractivity contribution is 5.95. The number of nitrogens with zero attached hydrogens (tertiary/aromatic N) is 4. The van der Waals surface area contributed by atoms with E-state index >= 15 is 0 Å². The first-order chi connectivity index (χ1) is 14.7. The van der Waals surface area contributed by atoms with Gasteiger partial charge in [-0.05, 0) is 25.0 Å². The second-order valence-electron chi connectivity index (χ2n) is 7.82. The van der Waals surface area contributed by atoms with Crippen molar-refractivity contribution in [1.82, 2.24) is 24.8 Å². The van der Waals surface area contributed by atoms with Crippen LogP contribution in [0.4, 0.5) is 0 Å². The highest BCUT2D eigenvalue weighted by Gasteiger charge is 2.42. The zero-order chi connectivity index (χ0) is 20.7. The van der Waals surface area contributed by atoms with E-state index in [1.807, 2.05) is 35.2 Å². The molecule has 3 aromatic rings. The van der Waals surface area contributed by atoms with Crippen molar-refractivity contribution in [1.29, 1.82) is 0 Å². The molecule has 152 valence electrons. The lowest BCUT2D eigenvalue weighted by Gasteiger charge is -2.28.